The van der Waals surface area contributed by atoms with Gasteiger partial charge >= 0.3 is 12.1 Å². The molecule has 0 atom stereocenters. The first kappa shape index (κ1) is 17.5. The van der Waals surface area contributed by atoms with Crippen LogP contribution in [0.5, 0.6) is 0 Å². The molecule has 1 saturated heterocycles. The van der Waals surface area contributed by atoms with Crippen LogP contribution < -0.4 is 10.7 Å². The summed E-state index contributed by atoms with van der Waals surface area (Å²) in [6, 6.07) is -0.227. The third-order valence-corrected chi connectivity index (χ3v) is 3.78. The van der Waals surface area contributed by atoms with E-state index in [9.17, 15) is 27.6 Å². The minimum Gasteiger partial charge on any atom is -0.442 e. The minimum atomic E-state index is -5.11. The molecule has 2 rings (SSSR count). The molecule has 10 heteroatoms. The van der Waals surface area contributed by atoms with E-state index in [2.05, 4.69) is 15.5 Å². The monoisotopic (exact) mass is 337 g/mol. The predicted molar refractivity (Wildman–Crippen MR) is 70.7 cm³/mol. The Bertz CT molecular complexity index is 497. The van der Waals surface area contributed by atoms with Crippen molar-refractivity contribution >= 4 is 17.8 Å². The van der Waals surface area contributed by atoms with Crippen molar-refractivity contribution in [2.45, 2.75) is 50.4 Å². The second kappa shape index (κ2) is 6.34. The van der Waals surface area contributed by atoms with Crippen LogP contribution in [0, 0.1) is 0 Å². The largest absolute Gasteiger partial charge is 0.490 e. The lowest BCUT2D eigenvalue weighted by molar-refractivity contribution is -0.207. The molecule has 1 saturated carbocycles. The molecule has 1 heterocycles. The number of hydrazine groups is 1. The van der Waals surface area contributed by atoms with Gasteiger partial charge in [-0.15, -0.1) is 0 Å². The predicted octanol–water partition coefficient (Wildman–Crippen LogP) is 0.256. The number of piperidine rings is 1. The molecule has 0 aromatic heterocycles. The Kier molecular flexibility index (Phi) is 4.83. The number of esters is 1. The summed E-state index contributed by atoms with van der Waals surface area (Å²) in [7, 11) is 0. The fraction of sp³-hybridized carbons (Fsp3) is 0.769. The SMILES string of the molecule is CC(=O)NN1CCC(NC(=O)C2(OC(=O)C(F)(F)F)CC2)CC1. The van der Waals surface area contributed by atoms with Gasteiger partial charge < -0.3 is 10.1 Å². The van der Waals surface area contributed by atoms with E-state index in [0.717, 1.165) is 0 Å². The minimum absolute atomic E-state index is 0.0887. The molecule has 0 bridgehead atoms. The Hall–Kier alpha value is -1.84. The van der Waals surface area contributed by atoms with Gasteiger partial charge in [-0.1, -0.05) is 0 Å². The third kappa shape index (κ3) is 4.57. The van der Waals surface area contributed by atoms with Gasteiger partial charge in [-0.2, -0.15) is 13.2 Å². The first-order valence-corrected chi connectivity index (χ1v) is 7.26. The van der Waals surface area contributed by atoms with Crippen molar-refractivity contribution in [3.05, 3.63) is 0 Å². The lowest BCUT2D eigenvalue weighted by Gasteiger charge is -2.32. The summed E-state index contributed by atoms with van der Waals surface area (Å²) in [5.41, 5.74) is 0.949. The van der Waals surface area contributed by atoms with E-state index in [1.165, 1.54) is 6.92 Å². The molecule has 0 radical (unpaired) electrons. The Labute approximate surface area is 130 Å². The fourth-order valence-electron chi connectivity index (χ4n) is 2.40. The van der Waals surface area contributed by atoms with E-state index in [-0.39, 0.29) is 24.8 Å². The molecule has 7 nitrogen and oxygen atoms in total. The Morgan fingerprint density at radius 3 is 2.17 bits per heavy atom. The molecule has 2 aliphatic rings. The highest BCUT2D eigenvalue weighted by Gasteiger charge is 2.58. The number of rotatable bonds is 4. The van der Waals surface area contributed by atoms with Crippen LogP contribution in [0.25, 0.3) is 0 Å². The zero-order chi connectivity index (χ0) is 17.3. The summed E-state index contributed by atoms with van der Waals surface area (Å²) in [6.45, 7) is 2.42. The summed E-state index contributed by atoms with van der Waals surface area (Å²) in [6.07, 6.45) is -3.86. The maximum Gasteiger partial charge on any atom is 0.490 e. The van der Waals surface area contributed by atoms with Gasteiger partial charge in [-0.3, -0.25) is 15.0 Å². The third-order valence-electron chi connectivity index (χ3n) is 3.78. The van der Waals surface area contributed by atoms with E-state index in [4.69, 9.17) is 0 Å². The second-order valence-electron chi connectivity index (χ2n) is 5.78. The van der Waals surface area contributed by atoms with Crippen molar-refractivity contribution in [1.82, 2.24) is 15.8 Å². The van der Waals surface area contributed by atoms with Crippen molar-refractivity contribution in [3.8, 4) is 0 Å². The van der Waals surface area contributed by atoms with Crippen molar-refractivity contribution in [1.29, 1.82) is 0 Å². The number of hydrogen-bond acceptors (Lipinski definition) is 5. The summed E-state index contributed by atoms with van der Waals surface area (Å²) in [5, 5.41) is 4.34. The van der Waals surface area contributed by atoms with Crippen LogP contribution >= 0.6 is 0 Å². The maximum atomic E-state index is 12.2. The van der Waals surface area contributed by atoms with Gasteiger partial charge in [0.05, 0.1) is 0 Å². The van der Waals surface area contributed by atoms with E-state index in [1.54, 1.807) is 5.01 Å². The number of hydrogen-bond donors (Lipinski definition) is 2. The van der Waals surface area contributed by atoms with Crippen LogP contribution in [0.2, 0.25) is 0 Å². The van der Waals surface area contributed by atoms with Gasteiger partial charge in [-0.05, 0) is 12.8 Å². The van der Waals surface area contributed by atoms with Gasteiger partial charge in [-0.25, -0.2) is 9.80 Å². The van der Waals surface area contributed by atoms with Crippen molar-refractivity contribution in [2.24, 2.45) is 0 Å². The van der Waals surface area contributed by atoms with Crippen LogP contribution in [0.4, 0.5) is 13.2 Å². The van der Waals surface area contributed by atoms with Crippen molar-refractivity contribution < 1.29 is 32.3 Å². The molecular weight excluding hydrogens is 319 g/mol. The molecule has 0 aromatic carbocycles. The first-order chi connectivity index (χ1) is 10.6. The topological polar surface area (TPSA) is 87.7 Å². The average Bonchev–Trinajstić information content (AvgIpc) is 3.20. The number of amides is 2. The van der Waals surface area contributed by atoms with E-state index in [1.807, 2.05) is 0 Å². The van der Waals surface area contributed by atoms with E-state index in [0.29, 0.717) is 25.9 Å². The molecule has 0 aromatic rings. The molecule has 2 amide bonds. The Balaban J connectivity index is 1.81. The highest BCUT2D eigenvalue weighted by molar-refractivity contribution is 5.91. The number of nitrogens with one attached hydrogen (secondary N) is 2. The summed E-state index contributed by atoms with van der Waals surface area (Å²) in [5.74, 6) is -3.22. The molecule has 0 spiro atoms. The lowest BCUT2D eigenvalue weighted by atomic mass is 10.1. The highest BCUT2D eigenvalue weighted by Crippen LogP contribution is 2.41. The van der Waals surface area contributed by atoms with Crippen LogP contribution in [-0.4, -0.2) is 53.7 Å². The normalized spacial score (nSPS) is 21.4. The van der Waals surface area contributed by atoms with Crippen LogP contribution in [0.15, 0.2) is 0 Å². The van der Waals surface area contributed by atoms with Gasteiger partial charge in [0, 0.05) is 38.9 Å². The number of ether oxygens (including phenoxy) is 1. The molecule has 2 N–H and O–H groups in total. The number of halogens is 3. The van der Waals surface area contributed by atoms with Gasteiger partial charge in [0.15, 0.2) is 5.60 Å². The Morgan fingerprint density at radius 2 is 1.74 bits per heavy atom. The molecule has 130 valence electrons. The smallest absolute Gasteiger partial charge is 0.442 e. The van der Waals surface area contributed by atoms with Crippen molar-refractivity contribution in [2.75, 3.05) is 13.1 Å². The van der Waals surface area contributed by atoms with E-state index < -0.39 is 23.7 Å². The van der Waals surface area contributed by atoms with Crippen LogP contribution in [0.3, 0.4) is 0 Å². The molecule has 1 aliphatic carbocycles. The van der Waals surface area contributed by atoms with E-state index >= 15 is 0 Å². The summed E-state index contributed by atoms with van der Waals surface area (Å²) < 4.78 is 41.0. The summed E-state index contributed by atoms with van der Waals surface area (Å²) in [4.78, 5) is 33.9. The molecule has 2 fully saturated rings. The highest BCUT2D eigenvalue weighted by atomic mass is 19.4. The quantitative estimate of drug-likeness (QED) is 0.719. The molecule has 1 aliphatic heterocycles. The zero-order valence-corrected chi connectivity index (χ0v) is 12.5. The average molecular weight is 337 g/mol. The van der Waals surface area contributed by atoms with Crippen LogP contribution in [0.1, 0.15) is 32.6 Å². The molecule has 0 unspecified atom stereocenters. The van der Waals surface area contributed by atoms with Gasteiger partial charge in [0.25, 0.3) is 5.91 Å². The first-order valence-electron chi connectivity index (χ1n) is 7.26. The zero-order valence-electron chi connectivity index (χ0n) is 12.5. The lowest BCUT2D eigenvalue weighted by Crippen LogP contribution is -2.53. The molecular formula is C13H18F3N3O4. The van der Waals surface area contributed by atoms with Crippen molar-refractivity contribution in [3.63, 3.8) is 0 Å². The molecule has 23 heavy (non-hydrogen) atoms. The Morgan fingerprint density at radius 1 is 1.17 bits per heavy atom. The fourth-order valence-corrected chi connectivity index (χ4v) is 2.40. The van der Waals surface area contributed by atoms with Gasteiger partial charge in [0.2, 0.25) is 5.91 Å². The summed E-state index contributed by atoms with van der Waals surface area (Å²) >= 11 is 0. The number of alkyl halides is 3. The number of carbonyl (C=O) groups is 3. The van der Waals surface area contributed by atoms with Gasteiger partial charge in [0.1, 0.15) is 0 Å². The van der Waals surface area contributed by atoms with Crippen LogP contribution in [-0.2, 0) is 19.1 Å². The number of nitrogens with zero attached hydrogens (tertiary/aromatic N) is 1. The second-order valence-corrected chi connectivity index (χ2v) is 5.78. The standard InChI is InChI=1S/C13H18F3N3O4/c1-8(20)18-19-6-2-9(3-7-19)17-10(21)12(4-5-12)23-11(22)13(14,15)16/h9H,2-7H2,1H3,(H,17,21)(H,18,20). The number of carbonyl (C=O) groups excluding carboxylic acids is 3. The maximum absolute atomic E-state index is 12.2.